The van der Waals surface area contributed by atoms with E-state index in [9.17, 15) is 9.59 Å². The van der Waals surface area contributed by atoms with E-state index in [1.54, 1.807) is 24.3 Å². The highest BCUT2D eigenvalue weighted by atomic mass is 16.3. The molecule has 1 amide bonds. The van der Waals surface area contributed by atoms with Crippen LogP contribution in [0.3, 0.4) is 0 Å². The van der Waals surface area contributed by atoms with Crippen LogP contribution in [-0.2, 0) is 0 Å². The second-order valence-electron chi connectivity index (χ2n) is 5.75. The van der Waals surface area contributed by atoms with Gasteiger partial charge in [0.1, 0.15) is 0 Å². The number of fused-ring (bicyclic) bond motifs is 1. The summed E-state index contributed by atoms with van der Waals surface area (Å²) in [5, 5.41) is 12.2. The molecule has 0 bridgehead atoms. The number of H-pyrrole nitrogens is 1. The first-order chi connectivity index (χ1) is 9.93. The minimum atomic E-state index is -0.427. The molecule has 3 N–H and O–H groups in total. The largest absolute Gasteiger partial charge is 0.396 e. The Morgan fingerprint density at radius 2 is 2.10 bits per heavy atom. The first-order valence-electron chi connectivity index (χ1n) is 6.81. The molecule has 0 aliphatic carbocycles. The monoisotopic (exact) mass is 289 g/mol. The van der Waals surface area contributed by atoms with Crippen LogP contribution in [0.4, 0.5) is 0 Å². The zero-order valence-electron chi connectivity index (χ0n) is 12.1. The predicted molar refractivity (Wildman–Crippen MR) is 80.2 cm³/mol. The Hall–Kier alpha value is -2.21. The van der Waals surface area contributed by atoms with E-state index in [0.717, 1.165) is 0 Å². The second-order valence-corrected chi connectivity index (χ2v) is 5.75. The third kappa shape index (κ3) is 3.66. The van der Waals surface area contributed by atoms with Gasteiger partial charge in [-0.1, -0.05) is 26.0 Å². The van der Waals surface area contributed by atoms with Crippen molar-refractivity contribution in [1.29, 1.82) is 0 Å². The maximum atomic E-state index is 12.1. The summed E-state index contributed by atoms with van der Waals surface area (Å²) in [4.78, 5) is 30.6. The SMILES string of the molecule is CC(C)(CCO)CNC(=O)c1nc2ccccc2c(=O)[nH]1. The van der Waals surface area contributed by atoms with Crippen molar-refractivity contribution < 1.29 is 9.90 Å². The van der Waals surface area contributed by atoms with E-state index < -0.39 is 5.91 Å². The third-order valence-corrected chi connectivity index (χ3v) is 3.34. The topological polar surface area (TPSA) is 95.1 Å². The summed E-state index contributed by atoms with van der Waals surface area (Å²) in [6, 6.07) is 6.86. The third-order valence-electron chi connectivity index (χ3n) is 3.34. The fourth-order valence-corrected chi connectivity index (χ4v) is 1.99. The molecule has 0 atom stereocenters. The van der Waals surface area contributed by atoms with Gasteiger partial charge in [-0.05, 0) is 24.0 Å². The number of amides is 1. The Kier molecular flexibility index (Phi) is 4.37. The number of para-hydroxylation sites is 1. The summed E-state index contributed by atoms with van der Waals surface area (Å²) >= 11 is 0. The quantitative estimate of drug-likeness (QED) is 0.767. The van der Waals surface area contributed by atoms with Crippen molar-refractivity contribution in [3.63, 3.8) is 0 Å². The highest BCUT2D eigenvalue weighted by Crippen LogP contribution is 2.18. The molecule has 1 aromatic carbocycles. The van der Waals surface area contributed by atoms with Crippen molar-refractivity contribution in [2.24, 2.45) is 5.41 Å². The Labute approximate surface area is 122 Å². The number of hydrogen-bond donors (Lipinski definition) is 3. The van der Waals surface area contributed by atoms with Crippen LogP contribution < -0.4 is 10.9 Å². The number of nitrogens with one attached hydrogen (secondary N) is 2. The molecule has 21 heavy (non-hydrogen) atoms. The van der Waals surface area contributed by atoms with Gasteiger partial charge in [-0.15, -0.1) is 0 Å². The fourth-order valence-electron chi connectivity index (χ4n) is 1.99. The van der Waals surface area contributed by atoms with Gasteiger partial charge in [-0.25, -0.2) is 4.98 Å². The van der Waals surface area contributed by atoms with Crippen molar-refractivity contribution >= 4 is 16.8 Å². The lowest BCUT2D eigenvalue weighted by atomic mass is 9.90. The first-order valence-corrected chi connectivity index (χ1v) is 6.81. The molecular weight excluding hydrogens is 270 g/mol. The molecular formula is C15H19N3O3. The number of nitrogens with zero attached hydrogens (tertiary/aromatic N) is 1. The van der Waals surface area contributed by atoms with E-state index in [2.05, 4.69) is 15.3 Å². The van der Waals surface area contributed by atoms with Crippen LogP contribution in [0, 0.1) is 5.41 Å². The fraction of sp³-hybridized carbons (Fsp3) is 0.400. The molecule has 0 fully saturated rings. The summed E-state index contributed by atoms with van der Waals surface area (Å²) in [5.74, 6) is -0.428. The molecule has 1 heterocycles. The predicted octanol–water partition coefficient (Wildman–Crippen LogP) is 1.06. The highest BCUT2D eigenvalue weighted by Gasteiger charge is 2.19. The molecule has 6 heteroatoms. The molecule has 0 unspecified atom stereocenters. The second kappa shape index (κ2) is 6.05. The van der Waals surface area contributed by atoms with Gasteiger partial charge in [0.25, 0.3) is 11.5 Å². The number of hydrogen-bond acceptors (Lipinski definition) is 4. The Balaban J connectivity index is 2.18. The normalized spacial score (nSPS) is 11.6. The minimum Gasteiger partial charge on any atom is -0.396 e. The number of aromatic nitrogens is 2. The molecule has 2 rings (SSSR count). The molecule has 112 valence electrons. The van der Waals surface area contributed by atoms with Crippen LogP contribution in [0.1, 0.15) is 30.9 Å². The van der Waals surface area contributed by atoms with E-state index >= 15 is 0 Å². The summed E-state index contributed by atoms with van der Waals surface area (Å²) in [6.45, 7) is 4.34. The van der Waals surface area contributed by atoms with Gasteiger partial charge in [-0.3, -0.25) is 9.59 Å². The van der Waals surface area contributed by atoms with E-state index in [1.807, 2.05) is 13.8 Å². The molecule has 1 aromatic heterocycles. The van der Waals surface area contributed by atoms with Gasteiger partial charge >= 0.3 is 0 Å². The summed E-state index contributed by atoms with van der Waals surface area (Å²) in [6.07, 6.45) is 0.578. The standard InChI is InChI=1S/C15H19N3O3/c1-15(2,7-8-19)9-16-14(21)12-17-11-6-4-3-5-10(11)13(20)18-12/h3-6,19H,7-9H2,1-2H3,(H,16,21)(H,17,18,20). The summed E-state index contributed by atoms with van der Waals surface area (Å²) in [7, 11) is 0. The van der Waals surface area contributed by atoms with Crippen molar-refractivity contribution in [3.05, 3.63) is 40.4 Å². The van der Waals surface area contributed by atoms with E-state index in [1.165, 1.54) is 0 Å². The molecule has 0 aliphatic rings. The lowest BCUT2D eigenvalue weighted by Crippen LogP contribution is -2.36. The van der Waals surface area contributed by atoms with Crippen LogP contribution in [0.5, 0.6) is 0 Å². The smallest absolute Gasteiger partial charge is 0.287 e. The van der Waals surface area contributed by atoms with Gasteiger partial charge in [0.05, 0.1) is 10.9 Å². The number of aromatic amines is 1. The number of benzene rings is 1. The van der Waals surface area contributed by atoms with Crippen LogP contribution in [0.2, 0.25) is 0 Å². The van der Waals surface area contributed by atoms with Gasteiger partial charge in [0, 0.05) is 13.2 Å². The zero-order valence-corrected chi connectivity index (χ0v) is 12.1. The van der Waals surface area contributed by atoms with Crippen LogP contribution in [0.25, 0.3) is 10.9 Å². The summed E-state index contributed by atoms with van der Waals surface area (Å²) < 4.78 is 0. The molecule has 0 saturated heterocycles. The van der Waals surface area contributed by atoms with Gasteiger partial charge in [0.2, 0.25) is 0 Å². The first kappa shape index (κ1) is 15.2. The van der Waals surface area contributed by atoms with Crippen molar-refractivity contribution in [3.8, 4) is 0 Å². The Bertz CT molecular complexity index is 707. The maximum Gasteiger partial charge on any atom is 0.287 e. The molecule has 0 aliphatic heterocycles. The van der Waals surface area contributed by atoms with Crippen LogP contribution >= 0.6 is 0 Å². The lowest BCUT2D eigenvalue weighted by molar-refractivity contribution is 0.0918. The maximum absolute atomic E-state index is 12.1. The van der Waals surface area contributed by atoms with Gasteiger partial charge < -0.3 is 15.4 Å². The molecule has 0 spiro atoms. The van der Waals surface area contributed by atoms with Crippen LogP contribution in [0.15, 0.2) is 29.1 Å². The Morgan fingerprint density at radius 1 is 1.38 bits per heavy atom. The number of rotatable bonds is 5. The average molecular weight is 289 g/mol. The molecule has 0 saturated carbocycles. The molecule has 2 aromatic rings. The highest BCUT2D eigenvalue weighted by molar-refractivity contribution is 5.92. The average Bonchev–Trinajstić information content (AvgIpc) is 2.45. The van der Waals surface area contributed by atoms with E-state index in [4.69, 9.17) is 5.11 Å². The number of aliphatic hydroxyl groups is 1. The Morgan fingerprint density at radius 3 is 2.81 bits per heavy atom. The minimum absolute atomic E-state index is 0.00139. The summed E-state index contributed by atoms with van der Waals surface area (Å²) in [5.41, 5.74) is -0.0666. The van der Waals surface area contributed by atoms with Crippen molar-refractivity contribution in [2.45, 2.75) is 20.3 Å². The number of carbonyl (C=O) groups excluding carboxylic acids is 1. The molecule has 6 nitrogen and oxygen atoms in total. The number of carbonyl (C=O) groups is 1. The van der Waals surface area contributed by atoms with E-state index in [-0.39, 0.29) is 23.4 Å². The van der Waals surface area contributed by atoms with Crippen molar-refractivity contribution in [2.75, 3.05) is 13.2 Å². The molecule has 0 radical (unpaired) electrons. The van der Waals surface area contributed by atoms with E-state index in [0.29, 0.717) is 23.9 Å². The van der Waals surface area contributed by atoms with Gasteiger partial charge in [-0.2, -0.15) is 0 Å². The van der Waals surface area contributed by atoms with Gasteiger partial charge in [0.15, 0.2) is 5.82 Å². The lowest BCUT2D eigenvalue weighted by Gasteiger charge is -2.23. The van der Waals surface area contributed by atoms with Crippen LogP contribution in [-0.4, -0.2) is 34.1 Å². The number of aliphatic hydroxyl groups excluding tert-OH is 1. The van der Waals surface area contributed by atoms with Crippen molar-refractivity contribution in [1.82, 2.24) is 15.3 Å². The zero-order chi connectivity index (χ0) is 15.5.